The first kappa shape index (κ1) is 15.4. The van der Waals surface area contributed by atoms with Crippen LogP contribution in [0.25, 0.3) is 10.8 Å². The summed E-state index contributed by atoms with van der Waals surface area (Å²) in [6.07, 6.45) is 0. The van der Waals surface area contributed by atoms with Gasteiger partial charge in [0, 0.05) is 25.6 Å². The molecule has 1 N–H and O–H groups in total. The molecule has 0 aliphatic carbocycles. The molecule has 2 heteroatoms. The minimum Gasteiger partial charge on any atom is -0.316 e. The predicted octanol–water partition coefficient (Wildman–Crippen LogP) is 4.14. The maximum absolute atomic E-state index is 3.25. The summed E-state index contributed by atoms with van der Waals surface area (Å²) in [6.45, 7) is 3.05. The summed E-state index contributed by atoms with van der Waals surface area (Å²) in [7, 11) is 4.23. The molecule has 0 aromatic heterocycles. The summed E-state index contributed by atoms with van der Waals surface area (Å²) >= 11 is 0. The van der Waals surface area contributed by atoms with Gasteiger partial charge in [-0.25, -0.2) is 0 Å². The zero-order valence-electron chi connectivity index (χ0n) is 14.4. The maximum atomic E-state index is 3.25. The Morgan fingerprint density at radius 1 is 1.00 bits per heavy atom. The molecule has 3 aromatic carbocycles. The van der Waals surface area contributed by atoms with Crippen molar-refractivity contribution in [3.63, 3.8) is 0 Å². The van der Waals surface area contributed by atoms with Crippen molar-refractivity contribution in [3.8, 4) is 0 Å². The normalized spacial score (nSPS) is 17.8. The molecule has 1 unspecified atom stereocenters. The van der Waals surface area contributed by atoms with Crippen LogP contribution in [0.3, 0.4) is 0 Å². The lowest BCUT2D eigenvalue weighted by Gasteiger charge is -2.33. The monoisotopic (exact) mass is 316 g/mol. The van der Waals surface area contributed by atoms with Crippen molar-refractivity contribution in [1.82, 2.24) is 10.2 Å². The zero-order chi connectivity index (χ0) is 16.5. The van der Waals surface area contributed by atoms with Crippen molar-refractivity contribution in [2.75, 3.05) is 20.6 Å². The van der Waals surface area contributed by atoms with Gasteiger partial charge in [-0.05, 0) is 47.1 Å². The highest BCUT2D eigenvalue weighted by Gasteiger charge is 2.25. The summed E-state index contributed by atoms with van der Waals surface area (Å²) in [5, 5.41) is 5.90. The first-order valence-electron chi connectivity index (χ1n) is 8.68. The molecule has 0 saturated carbocycles. The van der Waals surface area contributed by atoms with Crippen LogP contribution in [0.4, 0.5) is 0 Å². The smallest absolute Gasteiger partial charge is 0.0234 e. The summed E-state index contributed by atoms with van der Waals surface area (Å²) < 4.78 is 0. The molecule has 3 aromatic rings. The number of nitrogens with zero attached hydrogens (tertiary/aromatic N) is 1. The molecule has 0 amide bonds. The van der Waals surface area contributed by atoms with Crippen molar-refractivity contribution in [1.29, 1.82) is 0 Å². The van der Waals surface area contributed by atoms with Gasteiger partial charge in [-0.2, -0.15) is 0 Å². The van der Waals surface area contributed by atoms with Gasteiger partial charge in [-0.1, -0.05) is 60.7 Å². The van der Waals surface area contributed by atoms with Gasteiger partial charge in [0.1, 0.15) is 0 Å². The van der Waals surface area contributed by atoms with E-state index >= 15 is 0 Å². The fraction of sp³-hybridized carbons (Fsp3) is 0.273. The highest BCUT2D eigenvalue weighted by Crippen LogP contribution is 2.34. The first-order valence-corrected chi connectivity index (χ1v) is 8.68. The van der Waals surface area contributed by atoms with Crippen LogP contribution in [-0.4, -0.2) is 25.5 Å². The number of likely N-dealkylation sites (N-methyl/N-ethyl adjacent to an activating group) is 1. The van der Waals surface area contributed by atoms with E-state index in [0.717, 1.165) is 19.6 Å². The van der Waals surface area contributed by atoms with Crippen LogP contribution in [0, 0.1) is 0 Å². The van der Waals surface area contributed by atoms with E-state index in [1.165, 1.54) is 33.0 Å². The van der Waals surface area contributed by atoms with Crippen LogP contribution in [-0.2, 0) is 13.1 Å². The SMILES string of the molecule is CNCc1ccc2c(c1)CN(C)CC2c1ccc2ccccc2c1. The Kier molecular flexibility index (Phi) is 4.09. The number of benzene rings is 3. The van der Waals surface area contributed by atoms with E-state index in [1.807, 2.05) is 7.05 Å². The Morgan fingerprint density at radius 2 is 1.83 bits per heavy atom. The van der Waals surface area contributed by atoms with Crippen molar-refractivity contribution in [3.05, 3.63) is 82.9 Å². The van der Waals surface area contributed by atoms with E-state index in [0.29, 0.717) is 5.92 Å². The van der Waals surface area contributed by atoms with Crippen molar-refractivity contribution in [2.45, 2.75) is 19.0 Å². The second-order valence-electron chi connectivity index (χ2n) is 6.92. The Hall–Kier alpha value is -2.16. The fourth-order valence-electron chi connectivity index (χ4n) is 3.92. The zero-order valence-corrected chi connectivity index (χ0v) is 14.4. The van der Waals surface area contributed by atoms with E-state index in [-0.39, 0.29) is 0 Å². The fourth-order valence-corrected chi connectivity index (χ4v) is 3.92. The number of rotatable bonds is 3. The molecule has 4 rings (SSSR count). The third-order valence-electron chi connectivity index (χ3n) is 5.07. The topological polar surface area (TPSA) is 15.3 Å². The standard InChI is InChI=1S/C22H24N2/c1-23-13-16-7-10-21-20(11-16)14-24(2)15-22(21)19-9-8-17-5-3-4-6-18(17)12-19/h3-12,22-23H,13-15H2,1-2H3. The van der Waals surface area contributed by atoms with Gasteiger partial charge in [-0.15, -0.1) is 0 Å². The highest BCUT2D eigenvalue weighted by atomic mass is 15.1. The van der Waals surface area contributed by atoms with Gasteiger partial charge >= 0.3 is 0 Å². The van der Waals surface area contributed by atoms with Crippen molar-refractivity contribution < 1.29 is 0 Å². The molecular formula is C22H24N2. The number of fused-ring (bicyclic) bond motifs is 2. The van der Waals surface area contributed by atoms with Crippen LogP contribution >= 0.6 is 0 Å². The maximum Gasteiger partial charge on any atom is 0.0234 e. The predicted molar refractivity (Wildman–Crippen MR) is 101 cm³/mol. The summed E-state index contributed by atoms with van der Waals surface area (Å²) in [6, 6.07) is 22.5. The molecule has 1 aliphatic rings. The number of hydrogen-bond acceptors (Lipinski definition) is 2. The minimum atomic E-state index is 0.451. The largest absolute Gasteiger partial charge is 0.316 e. The van der Waals surface area contributed by atoms with Gasteiger partial charge in [0.25, 0.3) is 0 Å². The van der Waals surface area contributed by atoms with Gasteiger partial charge in [-0.3, -0.25) is 0 Å². The molecule has 0 spiro atoms. The lowest BCUT2D eigenvalue weighted by molar-refractivity contribution is 0.295. The third-order valence-corrected chi connectivity index (χ3v) is 5.07. The molecule has 0 saturated heterocycles. The molecule has 0 fully saturated rings. The highest BCUT2D eigenvalue weighted by molar-refractivity contribution is 5.83. The van der Waals surface area contributed by atoms with Gasteiger partial charge < -0.3 is 10.2 Å². The van der Waals surface area contributed by atoms with E-state index in [4.69, 9.17) is 0 Å². The van der Waals surface area contributed by atoms with E-state index < -0.39 is 0 Å². The molecule has 24 heavy (non-hydrogen) atoms. The van der Waals surface area contributed by atoms with Crippen LogP contribution in [0.5, 0.6) is 0 Å². The number of nitrogens with one attached hydrogen (secondary N) is 1. The van der Waals surface area contributed by atoms with Gasteiger partial charge in [0.2, 0.25) is 0 Å². The first-order chi connectivity index (χ1) is 11.7. The lowest BCUT2D eigenvalue weighted by Crippen LogP contribution is -2.31. The molecule has 1 aliphatic heterocycles. The quantitative estimate of drug-likeness (QED) is 0.781. The Balaban J connectivity index is 1.77. The third kappa shape index (κ3) is 2.83. The van der Waals surface area contributed by atoms with E-state index in [9.17, 15) is 0 Å². The lowest BCUT2D eigenvalue weighted by atomic mass is 9.83. The van der Waals surface area contributed by atoms with Crippen molar-refractivity contribution in [2.24, 2.45) is 0 Å². The summed E-state index contributed by atoms with van der Waals surface area (Å²) in [5.74, 6) is 0.451. The molecule has 1 heterocycles. The van der Waals surface area contributed by atoms with Crippen LogP contribution in [0.2, 0.25) is 0 Å². The Labute approximate surface area is 144 Å². The van der Waals surface area contributed by atoms with Crippen LogP contribution in [0.1, 0.15) is 28.2 Å². The van der Waals surface area contributed by atoms with Gasteiger partial charge in [0.05, 0.1) is 0 Å². The molecule has 0 bridgehead atoms. The molecule has 1 atom stereocenters. The second-order valence-corrected chi connectivity index (χ2v) is 6.92. The number of hydrogen-bond donors (Lipinski definition) is 1. The van der Waals surface area contributed by atoms with Gasteiger partial charge in [0.15, 0.2) is 0 Å². The summed E-state index contributed by atoms with van der Waals surface area (Å²) in [4.78, 5) is 2.44. The summed E-state index contributed by atoms with van der Waals surface area (Å²) in [5.41, 5.74) is 5.74. The van der Waals surface area contributed by atoms with Crippen LogP contribution < -0.4 is 5.32 Å². The molecule has 122 valence electrons. The molecule has 2 nitrogen and oxygen atoms in total. The van der Waals surface area contributed by atoms with E-state index in [2.05, 4.69) is 77.9 Å². The van der Waals surface area contributed by atoms with Crippen molar-refractivity contribution >= 4 is 10.8 Å². The van der Waals surface area contributed by atoms with E-state index in [1.54, 1.807) is 0 Å². The van der Waals surface area contributed by atoms with Crippen LogP contribution in [0.15, 0.2) is 60.7 Å². The Bertz CT molecular complexity index is 869. The average Bonchev–Trinajstić information content (AvgIpc) is 2.60. The second kappa shape index (κ2) is 6.39. The average molecular weight is 316 g/mol. The molecular weight excluding hydrogens is 292 g/mol. The minimum absolute atomic E-state index is 0.451. The Morgan fingerprint density at radius 3 is 2.67 bits per heavy atom. The molecule has 0 radical (unpaired) electrons.